The number of non-ortho nitro benzene ring substituents is 1. The summed E-state index contributed by atoms with van der Waals surface area (Å²) in [7, 11) is 0. The maximum absolute atomic E-state index is 10.8. The first-order valence-electron chi connectivity index (χ1n) is 7.60. The number of hydrogen-bond donors (Lipinski definition) is 2. The van der Waals surface area contributed by atoms with Gasteiger partial charge in [0, 0.05) is 25.2 Å². The highest BCUT2D eigenvalue weighted by molar-refractivity contribution is 5.89. The number of rotatable bonds is 5. The summed E-state index contributed by atoms with van der Waals surface area (Å²) in [6.45, 7) is 3.01. The van der Waals surface area contributed by atoms with Crippen LogP contribution in [0.4, 0.5) is 11.4 Å². The molecule has 0 spiro atoms. The van der Waals surface area contributed by atoms with Crippen LogP contribution in [0.1, 0.15) is 18.1 Å². The van der Waals surface area contributed by atoms with E-state index < -0.39 is 4.92 Å². The van der Waals surface area contributed by atoms with E-state index in [-0.39, 0.29) is 36.6 Å². The van der Waals surface area contributed by atoms with Gasteiger partial charge >= 0.3 is 0 Å². The zero-order chi connectivity index (χ0) is 17.1. The Hall–Kier alpha value is -2.35. The van der Waals surface area contributed by atoms with Crippen molar-refractivity contribution in [1.82, 2.24) is 5.32 Å². The van der Waals surface area contributed by atoms with Gasteiger partial charge in [-0.3, -0.25) is 10.1 Å². The predicted octanol–water partition coefficient (Wildman–Crippen LogP) is 3.50. The first kappa shape index (κ1) is 21.7. The van der Waals surface area contributed by atoms with Gasteiger partial charge in [-0.05, 0) is 30.2 Å². The number of nitrogens with two attached hydrogens (primary N) is 1. The minimum atomic E-state index is -0.392. The van der Waals surface area contributed by atoms with Crippen molar-refractivity contribution in [3.05, 3.63) is 63.7 Å². The molecule has 0 radical (unpaired) electrons. The standard InChI is InChI=1S/C17H18N4O3.2ClH/c1-11-17(18)20-15-8-13(5-6-16(15)24-11)10-19-9-12-3-2-4-14(7-12)21(22)23;;/h2-8,11,19H,9-10H2,1H3,(H2,18,20);2*1H. The van der Waals surface area contributed by atoms with Crippen LogP contribution in [-0.4, -0.2) is 16.9 Å². The minimum absolute atomic E-state index is 0. The lowest BCUT2D eigenvalue weighted by Gasteiger charge is -2.21. The van der Waals surface area contributed by atoms with Crippen LogP contribution >= 0.6 is 24.8 Å². The number of amidine groups is 1. The number of aliphatic imine (C=N–C) groups is 1. The van der Waals surface area contributed by atoms with Crippen molar-refractivity contribution in [2.24, 2.45) is 10.7 Å². The average Bonchev–Trinajstić information content (AvgIpc) is 2.56. The number of fused-ring (bicyclic) bond motifs is 1. The lowest BCUT2D eigenvalue weighted by molar-refractivity contribution is -0.384. The van der Waals surface area contributed by atoms with E-state index in [4.69, 9.17) is 10.5 Å². The Morgan fingerprint density at radius 1 is 1.19 bits per heavy atom. The number of nitro benzene ring substituents is 1. The first-order valence-corrected chi connectivity index (χ1v) is 7.60. The zero-order valence-electron chi connectivity index (χ0n) is 14.0. The molecule has 3 rings (SSSR count). The molecule has 0 aromatic heterocycles. The van der Waals surface area contributed by atoms with Crippen molar-refractivity contribution >= 4 is 42.0 Å². The second kappa shape index (κ2) is 9.38. The summed E-state index contributed by atoms with van der Waals surface area (Å²) >= 11 is 0. The van der Waals surface area contributed by atoms with E-state index in [9.17, 15) is 10.1 Å². The summed E-state index contributed by atoms with van der Waals surface area (Å²) in [6, 6.07) is 12.4. The molecule has 0 aliphatic carbocycles. The van der Waals surface area contributed by atoms with E-state index in [2.05, 4.69) is 10.3 Å². The number of nitrogens with zero attached hydrogens (tertiary/aromatic N) is 2. The summed E-state index contributed by atoms with van der Waals surface area (Å²) in [5, 5.41) is 14.1. The lowest BCUT2D eigenvalue weighted by atomic mass is 10.1. The Morgan fingerprint density at radius 3 is 2.58 bits per heavy atom. The first-order chi connectivity index (χ1) is 11.5. The highest BCUT2D eigenvalue weighted by Gasteiger charge is 2.18. The van der Waals surface area contributed by atoms with Crippen LogP contribution in [-0.2, 0) is 13.1 Å². The summed E-state index contributed by atoms with van der Waals surface area (Å²) in [5.41, 5.74) is 8.53. The average molecular weight is 399 g/mol. The highest BCUT2D eigenvalue weighted by atomic mass is 35.5. The topological polar surface area (TPSA) is 103 Å². The molecule has 1 aliphatic rings. The van der Waals surface area contributed by atoms with Crippen LogP contribution in [0.25, 0.3) is 0 Å². The molecule has 0 fully saturated rings. The van der Waals surface area contributed by atoms with E-state index >= 15 is 0 Å². The van der Waals surface area contributed by atoms with Crippen molar-refractivity contribution in [2.75, 3.05) is 0 Å². The van der Waals surface area contributed by atoms with Crippen LogP contribution in [0.15, 0.2) is 47.5 Å². The van der Waals surface area contributed by atoms with Gasteiger partial charge in [0.05, 0.1) is 4.92 Å². The monoisotopic (exact) mass is 398 g/mol. The molecular formula is C17H20Cl2N4O3. The third-order valence-electron chi connectivity index (χ3n) is 3.77. The fourth-order valence-corrected chi connectivity index (χ4v) is 2.47. The number of nitro groups is 1. The Bertz CT molecular complexity index is 814. The summed E-state index contributed by atoms with van der Waals surface area (Å²) in [4.78, 5) is 14.7. The van der Waals surface area contributed by atoms with Crippen LogP contribution in [0.2, 0.25) is 0 Å². The van der Waals surface area contributed by atoms with E-state index in [1.807, 2.05) is 31.2 Å². The normalized spacial score (nSPS) is 14.8. The Labute approximate surface area is 163 Å². The lowest BCUT2D eigenvalue weighted by Crippen LogP contribution is -2.33. The van der Waals surface area contributed by atoms with Crippen molar-refractivity contribution < 1.29 is 9.66 Å². The maximum atomic E-state index is 10.8. The van der Waals surface area contributed by atoms with Gasteiger partial charge in [0.15, 0.2) is 6.10 Å². The van der Waals surface area contributed by atoms with Crippen LogP contribution in [0, 0.1) is 10.1 Å². The van der Waals surface area contributed by atoms with Crippen LogP contribution < -0.4 is 15.8 Å². The molecule has 140 valence electrons. The summed E-state index contributed by atoms with van der Waals surface area (Å²) < 4.78 is 5.67. The summed E-state index contributed by atoms with van der Waals surface area (Å²) in [6.07, 6.45) is -0.213. The SMILES string of the molecule is CC1Oc2ccc(CNCc3cccc([N+](=O)[O-])c3)cc2N=C1N.Cl.Cl. The quantitative estimate of drug-likeness (QED) is 0.592. The third kappa shape index (κ3) is 5.08. The van der Waals surface area contributed by atoms with E-state index in [1.54, 1.807) is 12.1 Å². The number of halogens is 2. The fraction of sp³-hybridized carbons (Fsp3) is 0.235. The molecule has 3 N–H and O–H groups in total. The molecule has 7 nitrogen and oxygen atoms in total. The number of nitrogens with one attached hydrogen (secondary N) is 1. The van der Waals surface area contributed by atoms with E-state index in [1.165, 1.54) is 6.07 Å². The molecule has 1 heterocycles. The second-order valence-corrected chi connectivity index (χ2v) is 5.63. The second-order valence-electron chi connectivity index (χ2n) is 5.63. The predicted molar refractivity (Wildman–Crippen MR) is 106 cm³/mol. The third-order valence-corrected chi connectivity index (χ3v) is 3.77. The molecule has 26 heavy (non-hydrogen) atoms. The number of benzene rings is 2. The Kier molecular flexibility index (Phi) is 7.82. The molecule has 0 amide bonds. The molecule has 0 saturated heterocycles. The molecule has 1 unspecified atom stereocenters. The molecule has 0 saturated carbocycles. The maximum Gasteiger partial charge on any atom is 0.269 e. The zero-order valence-corrected chi connectivity index (χ0v) is 15.7. The molecule has 1 aliphatic heterocycles. The van der Waals surface area contributed by atoms with Gasteiger partial charge in [0.25, 0.3) is 5.69 Å². The number of hydrogen-bond acceptors (Lipinski definition) is 6. The van der Waals surface area contributed by atoms with Crippen molar-refractivity contribution in [3.63, 3.8) is 0 Å². The highest BCUT2D eigenvalue weighted by Crippen LogP contribution is 2.32. The van der Waals surface area contributed by atoms with Gasteiger partial charge in [0.1, 0.15) is 17.3 Å². The van der Waals surface area contributed by atoms with Gasteiger partial charge in [-0.1, -0.05) is 18.2 Å². The molecule has 0 bridgehead atoms. The van der Waals surface area contributed by atoms with E-state index in [0.29, 0.717) is 18.9 Å². The smallest absolute Gasteiger partial charge is 0.269 e. The largest absolute Gasteiger partial charge is 0.481 e. The van der Waals surface area contributed by atoms with Crippen molar-refractivity contribution in [1.29, 1.82) is 0 Å². The minimum Gasteiger partial charge on any atom is -0.481 e. The van der Waals surface area contributed by atoms with Crippen LogP contribution in [0.5, 0.6) is 5.75 Å². The molecule has 9 heteroatoms. The Balaban J connectivity index is 0.00000169. The Morgan fingerprint density at radius 2 is 1.88 bits per heavy atom. The molecule has 2 aromatic carbocycles. The van der Waals surface area contributed by atoms with Gasteiger partial charge < -0.3 is 15.8 Å². The molecule has 2 aromatic rings. The fourth-order valence-electron chi connectivity index (χ4n) is 2.47. The van der Waals surface area contributed by atoms with Crippen molar-refractivity contribution in [2.45, 2.75) is 26.1 Å². The van der Waals surface area contributed by atoms with Crippen molar-refractivity contribution in [3.8, 4) is 5.75 Å². The van der Waals surface area contributed by atoms with E-state index in [0.717, 1.165) is 22.6 Å². The van der Waals surface area contributed by atoms with Gasteiger partial charge in [-0.15, -0.1) is 24.8 Å². The van der Waals surface area contributed by atoms with Crippen LogP contribution in [0.3, 0.4) is 0 Å². The summed E-state index contributed by atoms with van der Waals surface area (Å²) in [5.74, 6) is 1.18. The molecule has 1 atom stereocenters. The van der Waals surface area contributed by atoms with Gasteiger partial charge in [-0.2, -0.15) is 0 Å². The molecular weight excluding hydrogens is 379 g/mol. The van der Waals surface area contributed by atoms with Gasteiger partial charge in [-0.25, -0.2) is 4.99 Å². The number of ether oxygens (including phenoxy) is 1. The van der Waals surface area contributed by atoms with Gasteiger partial charge in [0.2, 0.25) is 0 Å².